The number of nitrogens with one attached hydrogen (secondary N) is 5. The van der Waals surface area contributed by atoms with Crippen LogP contribution in [0.25, 0.3) is 0 Å². The number of piperidine rings is 2. The normalized spacial score (nSPS) is 27.7. The van der Waals surface area contributed by atoms with Crippen LogP contribution in [0, 0.1) is 0 Å². The molecule has 0 radical (unpaired) electrons. The van der Waals surface area contributed by atoms with E-state index in [2.05, 4.69) is 31.5 Å². The first-order chi connectivity index (χ1) is 39.7. The summed E-state index contributed by atoms with van der Waals surface area (Å²) in [5.74, 6) is -8.96. The Morgan fingerprint density at radius 3 is 1.96 bits per heavy atom. The first-order valence-electron chi connectivity index (χ1n) is 27.1. The third-order valence-electron chi connectivity index (χ3n) is 16.4. The van der Waals surface area contributed by atoms with E-state index in [-0.39, 0.29) is 66.5 Å². The number of amides is 9. The van der Waals surface area contributed by atoms with Gasteiger partial charge in [0, 0.05) is 106 Å². The number of rotatable bonds is 18. The van der Waals surface area contributed by atoms with Crippen molar-refractivity contribution in [1.82, 2.24) is 46.2 Å². The van der Waals surface area contributed by atoms with Crippen LogP contribution >= 0.6 is 0 Å². The van der Waals surface area contributed by atoms with E-state index >= 15 is 4.79 Å². The van der Waals surface area contributed by atoms with E-state index < -0.39 is 188 Å². The summed E-state index contributed by atoms with van der Waals surface area (Å²) in [5.41, 5.74) is -3.87. The third-order valence-corrected chi connectivity index (χ3v) is 16.4. The molecule has 2 bridgehead atoms. The highest BCUT2D eigenvalue weighted by Crippen LogP contribution is 2.53. The number of phenolic OH excluding ortho intramolecular Hbond substituents is 2. The standard InChI is InChI=1S/C54H63N9O20/c1-25-50-30(60-13-14-80-52(79-3)51(60)83-50)15-41(81-25)82-32-17-54(77,16-29-43(32)49(75)45-44(47(29)73)46(72)28-5-4-6-31(78-2)42(28)48(45)74)53(76)63-24-26-7-8-27(63)23-62(26)40(71)22-59-37(68)21-58-36(67)20-57-35(66)19-56-34(65)18-55-33(64)11-12-61-38(69)9-10-39(61)70/h4-6,9-10,25-27,30,32,41,50-52,73,75,77H,7-8,11-24H2,1-3H3,(H,55,64)(H,56,65)(H,57,66)(H,58,67)(H,59,68)/t25-,26?,27+,30-,32-,41-,50+,51+,52-,54-/m0/s1. The molecule has 2 aromatic carbocycles. The SMILES string of the molecule is COc1cccc2c1C(=O)c1c(O)c3c(c(O)c1C2=O)C[C@@](O)(C(=O)N1CC2CC[C@@H]1CN2C(=O)CNC(=O)CNC(=O)CNC(=O)CNC(=O)CNC(=O)CCN1C(=O)C=CC1=O)C[C@@H]3O[C@H]1C[C@H]2[C@H](O[C@@H]3[C@@H](OC)OCCN32)[C@H](C)O1. The van der Waals surface area contributed by atoms with Gasteiger partial charge in [-0.15, -0.1) is 0 Å². The number of carbonyl (C=O) groups excluding carboxylic acids is 11. The predicted molar refractivity (Wildman–Crippen MR) is 277 cm³/mol. The molecule has 11 rings (SSSR count). The van der Waals surface area contributed by atoms with Crippen LogP contribution in [0.15, 0.2) is 30.4 Å². The lowest BCUT2D eigenvalue weighted by atomic mass is 9.72. The maximum absolute atomic E-state index is 15.0. The van der Waals surface area contributed by atoms with Crippen molar-refractivity contribution in [2.24, 2.45) is 0 Å². The lowest BCUT2D eigenvalue weighted by Gasteiger charge is -2.53. The number of ketones is 2. The number of ether oxygens (including phenoxy) is 6. The van der Waals surface area contributed by atoms with Gasteiger partial charge in [-0.25, -0.2) is 0 Å². The molecular weight excluding hydrogens is 1090 g/mol. The van der Waals surface area contributed by atoms with Crippen molar-refractivity contribution >= 4 is 64.7 Å². The van der Waals surface area contributed by atoms with Crippen molar-refractivity contribution in [3.05, 3.63) is 63.7 Å². The Labute approximate surface area is 473 Å². The van der Waals surface area contributed by atoms with Gasteiger partial charge in [-0.2, -0.15) is 0 Å². The number of methoxy groups -OCH3 is 2. The van der Waals surface area contributed by atoms with Gasteiger partial charge in [-0.1, -0.05) is 12.1 Å². The van der Waals surface area contributed by atoms with E-state index in [1.165, 1.54) is 42.2 Å². The number of benzene rings is 2. The molecule has 2 aliphatic carbocycles. The zero-order chi connectivity index (χ0) is 59.2. The van der Waals surface area contributed by atoms with E-state index in [0.29, 0.717) is 26.0 Å². The van der Waals surface area contributed by atoms with E-state index in [4.69, 9.17) is 28.4 Å². The molecule has 6 fully saturated rings. The van der Waals surface area contributed by atoms with E-state index in [9.17, 15) is 63.3 Å². The van der Waals surface area contributed by atoms with Gasteiger partial charge in [0.2, 0.25) is 41.2 Å². The molecule has 29 nitrogen and oxygen atoms in total. The maximum Gasteiger partial charge on any atom is 0.255 e. The van der Waals surface area contributed by atoms with Crippen molar-refractivity contribution in [3.63, 3.8) is 0 Å². The Morgan fingerprint density at radius 2 is 1.35 bits per heavy atom. The first kappa shape index (κ1) is 58.3. The minimum Gasteiger partial charge on any atom is -0.507 e. The van der Waals surface area contributed by atoms with Crippen LogP contribution < -0.4 is 31.3 Å². The van der Waals surface area contributed by atoms with Crippen LogP contribution in [-0.2, 0) is 73.3 Å². The molecule has 0 saturated carbocycles. The number of hydrogen-bond acceptors (Lipinski definition) is 21. The van der Waals surface area contributed by atoms with Gasteiger partial charge in [-0.3, -0.25) is 62.5 Å². The molecule has 2 aromatic rings. The molecule has 444 valence electrons. The van der Waals surface area contributed by atoms with Crippen LogP contribution in [0.2, 0.25) is 0 Å². The Hall–Kier alpha value is -7.93. The van der Waals surface area contributed by atoms with Crippen molar-refractivity contribution in [2.45, 2.75) is 106 Å². The average Bonchev–Trinajstić information content (AvgIpc) is 2.54. The molecule has 29 heteroatoms. The average molecular weight is 1160 g/mol. The predicted octanol–water partition coefficient (Wildman–Crippen LogP) is -3.75. The summed E-state index contributed by atoms with van der Waals surface area (Å²) in [6.45, 7) is -0.186. The van der Waals surface area contributed by atoms with E-state index in [1.54, 1.807) is 6.92 Å². The van der Waals surface area contributed by atoms with Gasteiger partial charge < -0.3 is 80.1 Å². The molecule has 9 aliphatic rings. The molecule has 9 amide bonds. The van der Waals surface area contributed by atoms with Gasteiger partial charge in [0.15, 0.2) is 24.6 Å². The molecule has 8 N–H and O–H groups in total. The summed E-state index contributed by atoms with van der Waals surface area (Å²) in [4.78, 5) is 148. The first-order valence-corrected chi connectivity index (χ1v) is 27.1. The van der Waals surface area contributed by atoms with Gasteiger partial charge in [0.05, 0.1) is 75.3 Å². The zero-order valence-electron chi connectivity index (χ0n) is 45.5. The Morgan fingerprint density at radius 1 is 0.747 bits per heavy atom. The number of phenols is 2. The van der Waals surface area contributed by atoms with E-state index in [0.717, 1.165) is 17.1 Å². The topological polar surface area (TPSA) is 377 Å². The molecular formula is C54H63N9O20. The number of hydrogen-bond donors (Lipinski definition) is 8. The van der Waals surface area contributed by atoms with Gasteiger partial charge >= 0.3 is 0 Å². The molecule has 7 heterocycles. The van der Waals surface area contributed by atoms with Crippen LogP contribution in [0.5, 0.6) is 17.2 Å². The lowest BCUT2D eigenvalue weighted by molar-refractivity contribution is -0.256. The number of imide groups is 1. The van der Waals surface area contributed by atoms with Crippen molar-refractivity contribution in [2.75, 3.05) is 79.7 Å². The van der Waals surface area contributed by atoms with Gasteiger partial charge in [0.1, 0.15) is 29.0 Å². The molecule has 0 aromatic heterocycles. The summed E-state index contributed by atoms with van der Waals surface area (Å²) in [6, 6.07) is 2.93. The number of morpholine rings is 1. The van der Waals surface area contributed by atoms with Gasteiger partial charge in [0.25, 0.3) is 17.7 Å². The summed E-state index contributed by atoms with van der Waals surface area (Å²) < 4.78 is 36.2. The molecule has 1 unspecified atom stereocenters. The van der Waals surface area contributed by atoms with E-state index in [1.807, 2.05) is 0 Å². The van der Waals surface area contributed by atoms with Crippen molar-refractivity contribution in [3.8, 4) is 17.2 Å². The number of aromatic hydroxyl groups is 2. The fourth-order valence-corrected chi connectivity index (χ4v) is 12.3. The number of carbonyl (C=O) groups is 11. The smallest absolute Gasteiger partial charge is 0.255 e. The highest BCUT2D eigenvalue weighted by atomic mass is 16.7. The number of aliphatic hydroxyl groups is 1. The van der Waals surface area contributed by atoms with Crippen LogP contribution in [-0.4, -0.2) is 234 Å². The molecule has 83 heavy (non-hydrogen) atoms. The zero-order valence-corrected chi connectivity index (χ0v) is 45.5. The van der Waals surface area contributed by atoms with Gasteiger partial charge in [-0.05, 0) is 25.8 Å². The fraction of sp³-hybridized carbons (Fsp3) is 0.537. The van der Waals surface area contributed by atoms with Crippen LogP contribution in [0.3, 0.4) is 0 Å². The molecule has 0 spiro atoms. The largest absolute Gasteiger partial charge is 0.507 e. The highest BCUT2D eigenvalue weighted by molar-refractivity contribution is 6.31. The number of nitrogens with zero attached hydrogens (tertiary/aromatic N) is 4. The second-order valence-corrected chi connectivity index (χ2v) is 21.4. The second kappa shape index (κ2) is 23.7. The second-order valence-electron chi connectivity index (χ2n) is 21.4. The van der Waals surface area contributed by atoms with Crippen molar-refractivity contribution in [1.29, 1.82) is 0 Å². The minimum absolute atomic E-state index is 0.0243. The van der Waals surface area contributed by atoms with Crippen LogP contribution in [0.4, 0.5) is 0 Å². The quantitative estimate of drug-likeness (QED) is 0.0448. The Balaban J connectivity index is 0.747. The number of piperazine rings is 1. The fourth-order valence-electron chi connectivity index (χ4n) is 12.3. The third kappa shape index (κ3) is 11.4. The monoisotopic (exact) mass is 1160 g/mol. The Bertz CT molecular complexity index is 3080. The maximum atomic E-state index is 15.0. The van der Waals surface area contributed by atoms with Crippen molar-refractivity contribution < 1.29 is 96.5 Å². The summed E-state index contributed by atoms with van der Waals surface area (Å²) >= 11 is 0. The van der Waals surface area contributed by atoms with Crippen LogP contribution in [0.1, 0.15) is 88.1 Å². The molecule has 6 saturated heterocycles. The summed E-state index contributed by atoms with van der Waals surface area (Å²) in [6.07, 6.45) is -2.77. The summed E-state index contributed by atoms with van der Waals surface area (Å²) in [7, 11) is 2.84. The molecule has 7 aliphatic heterocycles. The number of fused-ring (bicyclic) bond motifs is 9. The Kier molecular flexibility index (Phi) is 16.7. The lowest BCUT2D eigenvalue weighted by Crippen LogP contribution is -2.69. The minimum atomic E-state index is -2.36. The molecule has 10 atom stereocenters. The highest BCUT2D eigenvalue weighted by Gasteiger charge is 2.57. The summed E-state index contributed by atoms with van der Waals surface area (Å²) in [5, 5.41) is 48.8.